The highest BCUT2D eigenvalue weighted by Gasteiger charge is 2.45. The molecular weight excluding hydrogens is 245 g/mol. The minimum absolute atomic E-state index is 0.256. The van der Waals surface area contributed by atoms with E-state index in [-0.39, 0.29) is 5.60 Å². The second kappa shape index (κ2) is 3.60. The van der Waals surface area contributed by atoms with Gasteiger partial charge in [0.25, 0.3) is 0 Å². The normalized spacial score (nSPS) is 25.2. The largest absolute Gasteiger partial charge is 0.485 e. The van der Waals surface area contributed by atoms with Crippen LogP contribution >= 0.6 is 0 Å². The van der Waals surface area contributed by atoms with Gasteiger partial charge in [-0.2, -0.15) is 13.2 Å². The average molecular weight is 258 g/mol. The fraction of sp³-hybridized carbons (Fsp3) is 0.583. The summed E-state index contributed by atoms with van der Waals surface area (Å²) in [5, 5.41) is 0. The van der Waals surface area contributed by atoms with E-state index in [4.69, 9.17) is 10.5 Å². The van der Waals surface area contributed by atoms with Crippen LogP contribution in [-0.2, 0) is 6.18 Å². The van der Waals surface area contributed by atoms with Gasteiger partial charge in [0, 0.05) is 18.0 Å². The van der Waals surface area contributed by atoms with Gasteiger partial charge in [-0.05, 0) is 25.3 Å². The molecule has 1 fully saturated rings. The number of ether oxygens (including phenoxy) is 1. The van der Waals surface area contributed by atoms with Crippen molar-refractivity contribution in [2.75, 3.05) is 0 Å². The third-order valence-corrected chi connectivity index (χ3v) is 3.77. The number of pyridine rings is 1. The summed E-state index contributed by atoms with van der Waals surface area (Å²) >= 11 is 0. The van der Waals surface area contributed by atoms with Crippen LogP contribution in [0, 0.1) is 0 Å². The van der Waals surface area contributed by atoms with E-state index in [0.29, 0.717) is 17.7 Å². The predicted molar refractivity (Wildman–Crippen MR) is 58.0 cm³/mol. The molecule has 0 aromatic carbocycles. The number of aromatic nitrogens is 1. The zero-order valence-corrected chi connectivity index (χ0v) is 9.63. The van der Waals surface area contributed by atoms with E-state index < -0.39 is 17.9 Å². The summed E-state index contributed by atoms with van der Waals surface area (Å²) in [6.07, 6.45) is 0.206. The standard InChI is InChI=1S/C12H13F3N2O/c13-12(14,15)10-4-7-8(16)5-11(2-1-3-11)18-9(7)6-17-10/h4,6,8H,1-3,5,16H2. The Hall–Kier alpha value is -1.30. The van der Waals surface area contributed by atoms with Gasteiger partial charge in [0.1, 0.15) is 17.0 Å². The molecule has 0 amide bonds. The monoisotopic (exact) mass is 258 g/mol. The van der Waals surface area contributed by atoms with Crippen LogP contribution in [0.1, 0.15) is 43.0 Å². The van der Waals surface area contributed by atoms with Crippen molar-refractivity contribution in [2.45, 2.75) is 43.5 Å². The predicted octanol–water partition coefficient (Wildman–Crippen LogP) is 2.81. The summed E-state index contributed by atoms with van der Waals surface area (Å²) in [7, 11) is 0. The molecule has 1 aliphatic heterocycles. The zero-order valence-electron chi connectivity index (χ0n) is 9.63. The Balaban J connectivity index is 1.98. The van der Waals surface area contributed by atoms with Crippen molar-refractivity contribution in [1.82, 2.24) is 4.98 Å². The minimum Gasteiger partial charge on any atom is -0.485 e. The van der Waals surface area contributed by atoms with Crippen molar-refractivity contribution in [2.24, 2.45) is 5.73 Å². The molecule has 1 spiro atoms. The summed E-state index contributed by atoms with van der Waals surface area (Å²) in [4.78, 5) is 3.42. The molecule has 2 heterocycles. The molecule has 2 N–H and O–H groups in total. The topological polar surface area (TPSA) is 48.1 Å². The molecule has 3 nitrogen and oxygen atoms in total. The van der Waals surface area contributed by atoms with Gasteiger partial charge in [0.15, 0.2) is 0 Å². The number of nitrogens with two attached hydrogens (primary N) is 1. The van der Waals surface area contributed by atoms with E-state index in [1.165, 1.54) is 0 Å². The first-order valence-corrected chi connectivity index (χ1v) is 5.91. The van der Waals surface area contributed by atoms with Gasteiger partial charge in [-0.25, -0.2) is 4.98 Å². The molecule has 3 rings (SSSR count). The fourth-order valence-corrected chi connectivity index (χ4v) is 2.65. The van der Waals surface area contributed by atoms with Gasteiger partial charge in [-0.15, -0.1) is 0 Å². The molecule has 1 aromatic heterocycles. The van der Waals surface area contributed by atoms with Crippen molar-refractivity contribution < 1.29 is 17.9 Å². The van der Waals surface area contributed by atoms with Crippen molar-refractivity contribution >= 4 is 0 Å². The molecule has 1 unspecified atom stereocenters. The van der Waals surface area contributed by atoms with Gasteiger partial charge in [-0.1, -0.05) is 0 Å². The van der Waals surface area contributed by atoms with Gasteiger partial charge < -0.3 is 10.5 Å². The Labute approximate surface area is 102 Å². The van der Waals surface area contributed by atoms with Crippen molar-refractivity contribution in [1.29, 1.82) is 0 Å². The molecule has 2 aliphatic rings. The number of hydrogen-bond donors (Lipinski definition) is 1. The van der Waals surface area contributed by atoms with Crippen molar-refractivity contribution in [3.05, 3.63) is 23.5 Å². The lowest BCUT2D eigenvalue weighted by atomic mass is 9.73. The van der Waals surface area contributed by atoms with Crippen LogP contribution in [0.15, 0.2) is 12.3 Å². The number of halogens is 3. The zero-order chi connectivity index (χ0) is 13.0. The Kier molecular flexibility index (Phi) is 2.35. The number of nitrogens with zero attached hydrogens (tertiary/aromatic N) is 1. The van der Waals surface area contributed by atoms with Crippen LogP contribution in [0.3, 0.4) is 0 Å². The van der Waals surface area contributed by atoms with Gasteiger partial charge in [0.2, 0.25) is 0 Å². The van der Waals surface area contributed by atoms with Gasteiger partial charge >= 0.3 is 6.18 Å². The first-order valence-electron chi connectivity index (χ1n) is 5.91. The van der Waals surface area contributed by atoms with Crippen LogP contribution in [0.2, 0.25) is 0 Å². The van der Waals surface area contributed by atoms with E-state index in [9.17, 15) is 13.2 Å². The van der Waals surface area contributed by atoms with Crippen LogP contribution in [0.25, 0.3) is 0 Å². The first kappa shape index (κ1) is 11.8. The average Bonchev–Trinajstić information content (AvgIpc) is 2.25. The van der Waals surface area contributed by atoms with Crippen LogP contribution in [0.4, 0.5) is 13.2 Å². The van der Waals surface area contributed by atoms with E-state index in [1.807, 2.05) is 0 Å². The van der Waals surface area contributed by atoms with Crippen LogP contribution in [-0.4, -0.2) is 10.6 Å². The molecule has 1 saturated carbocycles. The summed E-state index contributed by atoms with van der Waals surface area (Å²) in [6.45, 7) is 0. The highest BCUT2D eigenvalue weighted by atomic mass is 19.4. The Bertz CT molecular complexity index is 483. The fourth-order valence-electron chi connectivity index (χ4n) is 2.65. The summed E-state index contributed by atoms with van der Waals surface area (Å²) < 4.78 is 43.5. The smallest absolute Gasteiger partial charge is 0.433 e. The number of rotatable bonds is 0. The molecule has 1 atom stereocenters. The van der Waals surface area contributed by atoms with E-state index in [0.717, 1.165) is 31.5 Å². The summed E-state index contributed by atoms with van der Waals surface area (Å²) in [6, 6.07) is 0.601. The van der Waals surface area contributed by atoms with Crippen LogP contribution < -0.4 is 10.5 Å². The maximum absolute atomic E-state index is 12.6. The number of fused-ring (bicyclic) bond motifs is 1. The number of hydrogen-bond acceptors (Lipinski definition) is 3. The van der Waals surface area contributed by atoms with Crippen molar-refractivity contribution in [3.8, 4) is 5.75 Å². The molecule has 0 bridgehead atoms. The minimum atomic E-state index is -4.44. The first-order chi connectivity index (χ1) is 8.40. The second-order valence-electron chi connectivity index (χ2n) is 5.05. The molecule has 1 aromatic rings. The maximum Gasteiger partial charge on any atom is 0.433 e. The molecular formula is C12H13F3N2O. The number of alkyl halides is 3. The van der Waals surface area contributed by atoms with Gasteiger partial charge in [0.05, 0.1) is 6.20 Å². The molecule has 98 valence electrons. The highest BCUT2D eigenvalue weighted by molar-refractivity contribution is 5.39. The van der Waals surface area contributed by atoms with Crippen LogP contribution in [0.5, 0.6) is 5.75 Å². The van der Waals surface area contributed by atoms with Gasteiger partial charge in [-0.3, -0.25) is 0 Å². The lowest BCUT2D eigenvalue weighted by Gasteiger charge is -2.47. The third-order valence-electron chi connectivity index (χ3n) is 3.77. The molecule has 1 aliphatic carbocycles. The molecule has 0 saturated heterocycles. The van der Waals surface area contributed by atoms with E-state index in [2.05, 4.69) is 4.98 Å². The summed E-state index contributed by atoms with van der Waals surface area (Å²) in [5.41, 5.74) is 5.21. The third kappa shape index (κ3) is 1.75. The van der Waals surface area contributed by atoms with E-state index >= 15 is 0 Å². The lowest BCUT2D eigenvalue weighted by molar-refractivity contribution is -0.141. The van der Waals surface area contributed by atoms with E-state index in [1.54, 1.807) is 0 Å². The van der Waals surface area contributed by atoms with Crippen molar-refractivity contribution in [3.63, 3.8) is 0 Å². The quantitative estimate of drug-likeness (QED) is 0.778. The lowest BCUT2D eigenvalue weighted by Crippen LogP contribution is -2.48. The molecule has 6 heteroatoms. The molecule has 18 heavy (non-hydrogen) atoms. The second-order valence-corrected chi connectivity index (χ2v) is 5.05. The highest BCUT2D eigenvalue weighted by Crippen LogP contribution is 2.48. The SMILES string of the molecule is NC1CC2(CCC2)Oc2cnc(C(F)(F)F)cc21. The summed E-state index contributed by atoms with van der Waals surface area (Å²) in [5.74, 6) is 0.404. The molecule has 0 radical (unpaired) electrons. The maximum atomic E-state index is 12.6. The Morgan fingerprint density at radius 3 is 2.67 bits per heavy atom. The Morgan fingerprint density at radius 1 is 1.39 bits per heavy atom. The Morgan fingerprint density at radius 2 is 2.11 bits per heavy atom.